The van der Waals surface area contributed by atoms with E-state index in [2.05, 4.69) is 5.32 Å². The average molecular weight is 341 g/mol. The summed E-state index contributed by atoms with van der Waals surface area (Å²) in [6.07, 6.45) is 2.65. The highest BCUT2D eigenvalue weighted by Crippen LogP contribution is 2.33. The van der Waals surface area contributed by atoms with Crippen molar-refractivity contribution < 1.29 is 14.3 Å². The minimum Gasteiger partial charge on any atom is -0.493 e. The van der Waals surface area contributed by atoms with Gasteiger partial charge in [-0.25, -0.2) is 0 Å². The Labute approximate surface area is 143 Å². The molecule has 6 heteroatoms. The highest BCUT2D eigenvalue weighted by atomic mass is 35.5. The van der Waals surface area contributed by atoms with Crippen LogP contribution in [0, 0.1) is 5.92 Å². The van der Waals surface area contributed by atoms with Crippen LogP contribution in [0.1, 0.15) is 24.0 Å². The second kappa shape index (κ2) is 7.88. The molecule has 0 radical (unpaired) electrons. The normalized spacial score (nSPS) is 19.7. The summed E-state index contributed by atoms with van der Waals surface area (Å²) in [5, 5.41) is 3.32. The molecule has 23 heavy (non-hydrogen) atoms. The molecule has 1 saturated heterocycles. The van der Waals surface area contributed by atoms with Gasteiger partial charge in [-0.3, -0.25) is 4.79 Å². The summed E-state index contributed by atoms with van der Waals surface area (Å²) in [7, 11) is 3.29. The summed E-state index contributed by atoms with van der Waals surface area (Å²) >= 11 is 0. The summed E-state index contributed by atoms with van der Waals surface area (Å²) in [5.74, 6) is 2.27. The standard InChI is InChI=1S/C17H24N2O3.ClH/c1-21-15-8-13-4-6-19(11-14(13)9-16(15)22-2)17(20)7-12-3-5-18-10-12;/h8-9,12,18H,3-7,10-11H2,1-2H3;1H. The molecule has 2 heterocycles. The van der Waals surface area contributed by atoms with E-state index in [9.17, 15) is 4.79 Å². The summed E-state index contributed by atoms with van der Waals surface area (Å²) in [5.41, 5.74) is 2.42. The van der Waals surface area contributed by atoms with Crippen molar-refractivity contribution in [1.82, 2.24) is 10.2 Å². The molecule has 1 unspecified atom stereocenters. The fourth-order valence-electron chi connectivity index (χ4n) is 3.36. The Hall–Kier alpha value is -1.46. The van der Waals surface area contributed by atoms with E-state index in [0.29, 0.717) is 18.9 Å². The predicted molar refractivity (Wildman–Crippen MR) is 91.5 cm³/mol. The number of halogens is 1. The SMILES string of the molecule is COc1cc2c(cc1OC)CN(C(=O)CC1CCNC1)CC2.Cl. The van der Waals surface area contributed by atoms with Gasteiger partial charge in [0.25, 0.3) is 0 Å². The first-order chi connectivity index (χ1) is 10.7. The van der Waals surface area contributed by atoms with Crippen molar-refractivity contribution in [2.75, 3.05) is 33.9 Å². The van der Waals surface area contributed by atoms with E-state index in [4.69, 9.17) is 9.47 Å². The zero-order chi connectivity index (χ0) is 15.5. The summed E-state index contributed by atoms with van der Waals surface area (Å²) in [6.45, 7) is 3.48. The van der Waals surface area contributed by atoms with Gasteiger partial charge in [0.05, 0.1) is 14.2 Å². The molecule has 128 valence electrons. The number of nitrogens with zero attached hydrogens (tertiary/aromatic N) is 1. The molecule has 0 aliphatic carbocycles. The summed E-state index contributed by atoms with van der Waals surface area (Å²) in [4.78, 5) is 14.5. The van der Waals surface area contributed by atoms with Gasteiger partial charge in [0, 0.05) is 19.5 Å². The maximum absolute atomic E-state index is 12.5. The molecule has 5 nitrogen and oxygen atoms in total. The number of rotatable bonds is 4. The van der Waals surface area contributed by atoms with Gasteiger partial charge >= 0.3 is 0 Å². The van der Waals surface area contributed by atoms with Crippen LogP contribution in [0.5, 0.6) is 11.5 Å². The van der Waals surface area contributed by atoms with E-state index >= 15 is 0 Å². The van der Waals surface area contributed by atoms with Gasteiger partial charge in [0.15, 0.2) is 11.5 Å². The third-order valence-electron chi connectivity index (χ3n) is 4.70. The van der Waals surface area contributed by atoms with Gasteiger partial charge in [0.2, 0.25) is 5.91 Å². The molecule has 2 aliphatic heterocycles. The lowest BCUT2D eigenvalue weighted by Gasteiger charge is -2.30. The topological polar surface area (TPSA) is 50.8 Å². The van der Waals surface area contributed by atoms with Gasteiger partial charge in [-0.2, -0.15) is 0 Å². The Morgan fingerprint density at radius 1 is 1.26 bits per heavy atom. The second-order valence-corrected chi connectivity index (χ2v) is 6.10. The van der Waals surface area contributed by atoms with Crippen LogP contribution in [0.25, 0.3) is 0 Å². The Morgan fingerprint density at radius 2 is 1.96 bits per heavy atom. The minimum atomic E-state index is 0. The van der Waals surface area contributed by atoms with Crippen molar-refractivity contribution in [2.24, 2.45) is 5.92 Å². The Bertz CT molecular complexity index is 559. The molecule has 1 N–H and O–H groups in total. The second-order valence-electron chi connectivity index (χ2n) is 6.10. The van der Waals surface area contributed by atoms with E-state index < -0.39 is 0 Å². The van der Waals surface area contributed by atoms with Gasteiger partial charge in [-0.1, -0.05) is 0 Å². The number of fused-ring (bicyclic) bond motifs is 1. The van der Waals surface area contributed by atoms with Gasteiger partial charge in [-0.05, 0) is 55.1 Å². The number of carbonyl (C=O) groups is 1. The monoisotopic (exact) mass is 340 g/mol. The molecule has 1 fully saturated rings. The molecule has 0 aromatic heterocycles. The predicted octanol–water partition coefficient (Wildman–Crippen LogP) is 2.01. The van der Waals surface area contributed by atoms with Crippen molar-refractivity contribution >= 4 is 18.3 Å². The van der Waals surface area contributed by atoms with Crippen LogP contribution in [0.3, 0.4) is 0 Å². The fraction of sp³-hybridized carbons (Fsp3) is 0.588. The molecule has 1 amide bonds. The van der Waals surface area contributed by atoms with E-state index in [0.717, 1.165) is 44.0 Å². The molecular weight excluding hydrogens is 316 g/mol. The fourth-order valence-corrected chi connectivity index (χ4v) is 3.36. The lowest BCUT2D eigenvalue weighted by Crippen LogP contribution is -2.37. The molecule has 0 spiro atoms. The quantitative estimate of drug-likeness (QED) is 0.911. The molecule has 1 aromatic rings. The Kier molecular flexibility index (Phi) is 6.13. The maximum Gasteiger partial charge on any atom is 0.223 e. The number of hydrogen-bond donors (Lipinski definition) is 1. The summed E-state index contributed by atoms with van der Waals surface area (Å²) < 4.78 is 10.7. The molecule has 0 bridgehead atoms. The molecule has 2 aliphatic rings. The van der Waals surface area contributed by atoms with Crippen LogP contribution in [-0.2, 0) is 17.8 Å². The molecular formula is C17H25ClN2O3. The Balaban J connectivity index is 0.00000192. The number of ether oxygens (including phenoxy) is 2. The van der Waals surface area contributed by atoms with Crippen molar-refractivity contribution in [3.05, 3.63) is 23.3 Å². The lowest BCUT2D eigenvalue weighted by atomic mass is 9.97. The molecule has 1 atom stereocenters. The van der Waals surface area contributed by atoms with Crippen LogP contribution >= 0.6 is 12.4 Å². The third-order valence-corrected chi connectivity index (χ3v) is 4.70. The zero-order valence-electron chi connectivity index (χ0n) is 13.8. The van der Waals surface area contributed by atoms with Gasteiger partial charge < -0.3 is 19.7 Å². The minimum absolute atomic E-state index is 0. The average Bonchev–Trinajstić information content (AvgIpc) is 3.05. The Morgan fingerprint density at radius 3 is 2.57 bits per heavy atom. The number of hydrogen-bond acceptors (Lipinski definition) is 4. The van der Waals surface area contributed by atoms with Crippen molar-refractivity contribution in [3.8, 4) is 11.5 Å². The first kappa shape index (κ1) is 17.9. The van der Waals surface area contributed by atoms with Crippen LogP contribution in [0.2, 0.25) is 0 Å². The number of carbonyl (C=O) groups excluding carboxylic acids is 1. The first-order valence-corrected chi connectivity index (χ1v) is 7.93. The zero-order valence-corrected chi connectivity index (χ0v) is 14.6. The molecule has 3 rings (SSSR count). The van der Waals surface area contributed by atoms with Gasteiger partial charge in [-0.15, -0.1) is 12.4 Å². The van der Waals surface area contributed by atoms with E-state index in [1.165, 1.54) is 11.1 Å². The summed E-state index contributed by atoms with van der Waals surface area (Å²) in [6, 6.07) is 4.04. The maximum atomic E-state index is 12.5. The smallest absolute Gasteiger partial charge is 0.223 e. The number of methoxy groups -OCH3 is 2. The van der Waals surface area contributed by atoms with Crippen LogP contribution < -0.4 is 14.8 Å². The lowest BCUT2D eigenvalue weighted by molar-refractivity contribution is -0.133. The number of benzene rings is 1. The number of amides is 1. The van der Waals surface area contributed by atoms with E-state index in [-0.39, 0.29) is 18.3 Å². The van der Waals surface area contributed by atoms with E-state index in [1.54, 1.807) is 14.2 Å². The first-order valence-electron chi connectivity index (χ1n) is 7.93. The van der Waals surface area contributed by atoms with Crippen LogP contribution in [-0.4, -0.2) is 44.7 Å². The third kappa shape index (κ3) is 3.90. The largest absolute Gasteiger partial charge is 0.493 e. The van der Waals surface area contributed by atoms with Gasteiger partial charge in [0.1, 0.15) is 0 Å². The number of nitrogens with one attached hydrogen (secondary N) is 1. The van der Waals surface area contributed by atoms with Crippen LogP contribution in [0.4, 0.5) is 0 Å². The van der Waals surface area contributed by atoms with Crippen molar-refractivity contribution in [1.29, 1.82) is 0 Å². The van der Waals surface area contributed by atoms with Crippen molar-refractivity contribution in [2.45, 2.75) is 25.8 Å². The van der Waals surface area contributed by atoms with E-state index in [1.807, 2.05) is 17.0 Å². The van der Waals surface area contributed by atoms with Crippen molar-refractivity contribution in [3.63, 3.8) is 0 Å². The molecule has 1 aromatic carbocycles. The highest BCUT2D eigenvalue weighted by molar-refractivity contribution is 5.85. The highest BCUT2D eigenvalue weighted by Gasteiger charge is 2.25. The van der Waals surface area contributed by atoms with Crippen LogP contribution in [0.15, 0.2) is 12.1 Å². The molecule has 0 saturated carbocycles.